The Morgan fingerprint density at radius 1 is 1.23 bits per heavy atom. The van der Waals surface area contributed by atoms with Crippen molar-refractivity contribution in [1.82, 2.24) is 4.57 Å². The third-order valence-corrected chi connectivity index (χ3v) is 3.81. The minimum Gasteiger partial charge on any atom is -0.497 e. The molecule has 3 heteroatoms. The summed E-state index contributed by atoms with van der Waals surface area (Å²) in [5, 5.41) is 0. The fourth-order valence-electron chi connectivity index (χ4n) is 2.80. The average molecular weight is 297 g/mol. The fourth-order valence-corrected chi connectivity index (χ4v) is 2.80. The number of hydrogen-bond acceptors (Lipinski definition) is 2. The summed E-state index contributed by atoms with van der Waals surface area (Å²) >= 11 is 0. The van der Waals surface area contributed by atoms with E-state index in [-0.39, 0.29) is 5.78 Å². The summed E-state index contributed by atoms with van der Waals surface area (Å²) in [4.78, 5) is 12.3. The van der Waals surface area contributed by atoms with Crippen LogP contribution in [0.5, 0.6) is 5.75 Å². The second kappa shape index (κ2) is 6.65. The molecule has 0 amide bonds. The Morgan fingerprint density at radius 2 is 1.95 bits per heavy atom. The number of allylic oxidation sites excluding steroid dienone is 1. The molecular weight excluding hydrogens is 274 g/mol. The van der Waals surface area contributed by atoms with Gasteiger partial charge in [0.2, 0.25) is 0 Å². The van der Waals surface area contributed by atoms with Gasteiger partial charge in [-0.15, -0.1) is 0 Å². The Morgan fingerprint density at radius 3 is 2.55 bits per heavy atom. The monoisotopic (exact) mass is 297 g/mol. The lowest BCUT2D eigenvalue weighted by Crippen LogP contribution is -2.04. The molecule has 22 heavy (non-hydrogen) atoms. The van der Waals surface area contributed by atoms with E-state index in [9.17, 15) is 4.79 Å². The van der Waals surface area contributed by atoms with Gasteiger partial charge in [-0.05, 0) is 63.6 Å². The molecule has 0 saturated carbocycles. The highest BCUT2D eigenvalue weighted by Gasteiger charge is 2.10. The Bertz CT molecular complexity index is 708. The van der Waals surface area contributed by atoms with Crippen LogP contribution in [-0.2, 0) is 0 Å². The minimum absolute atomic E-state index is 0.0201. The molecule has 1 aromatic heterocycles. The second-order valence-corrected chi connectivity index (χ2v) is 5.72. The van der Waals surface area contributed by atoms with E-state index in [0.29, 0.717) is 17.4 Å². The number of benzene rings is 1. The van der Waals surface area contributed by atoms with Crippen LogP contribution in [0.2, 0.25) is 0 Å². The van der Waals surface area contributed by atoms with Gasteiger partial charge in [-0.2, -0.15) is 0 Å². The normalized spacial score (nSPS) is 11.4. The van der Waals surface area contributed by atoms with Gasteiger partial charge in [0.05, 0.1) is 7.11 Å². The number of methoxy groups -OCH3 is 1. The van der Waals surface area contributed by atoms with E-state index < -0.39 is 0 Å². The lowest BCUT2D eigenvalue weighted by atomic mass is 10.1. The standard InChI is InChI=1S/C19H23NO2/c1-13(2)20-14(3)11-16(15(20)4)9-10-19(21)17-7-6-8-18(12-17)22-5/h6-13H,1-5H3/b10-9+. The second-order valence-electron chi connectivity index (χ2n) is 5.72. The van der Waals surface area contributed by atoms with E-state index in [4.69, 9.17) is 4.74 Å². The molecule has 0 atom stereocenters. The van der Waals surface area contributed by atoms with Crippen LogP contribution in [0.3, 0.4) is 0 Å². The quantitative estimate of drug-likeness (QED) is 0.597. The topological polar surface area (TPSA) is 31.2 Å². The van der Waals surface area contributed by atoms with Gasteiger partial charge in [0, 0.05) is 23.0 Å². The van der Waals surface area contributed by atoms with Gasteiger partial charge in [-0.3, -0.25) is 4.79 Å². The molecule has 2 aromatic rings. The van der Waals surface area contributed by atoms with E-state index in [1.165, 1.54) is 11.4 Å². The third-order valence-electron chi connectivity index (χ3n) is 3.81. The maximum absolute atomic E-state index is 12.3. The molecule has 0 bridgehead atoms. The fraction of sp³-hybridized carbons (Fsp3) is 0.316. The van der Waals surface area contributed by atoms with Crippen LogP contribution in [0.4, 0.5) is 0 Å². The summed E-state index contributed by atoms with van der Waals surface area (Å²) in [6, 6.07) is 9.74. The molecule has 116 valence electrons. The molecule has 0 aliphatic rings. The molecule has 0 aliphatic heterocycles. The summed E-state index contributed by atoms with van der Waals surface area (Å²) in [6.07, 6.45) is 3.52. The Labute approximate surface area is 132 Å². The first-order chi connectivity index (χ1) is 10.4. The van der Waals surface area contributed by atoms with E-state index in [2.05, 4.69) is 38.3 Å². The van der Waals surface area contributed by atoms with Gasteiger partial charge in [0.15, 0.2) is 5.78 Å². The lowest BCUT2D eigenvalue weighted by molar-refractivity contribution is 0.104. The number of ether oxygens (including phenoxy) is 1. The Hall–Kier alpha value is -2.29. The number of ketones is 1. The van der Waals surface area contributed by atoms with Crippen molar-refractivity contribution in [2.75, 3.05) is 7.11 Å². The molecule has 1 heterocycles. The smallest absolute Gasteiger partial charge is 0.185 e. The number of carbonyl (C=O) groups is 1. The molecular formula is C19H23NO2. The molecule has 0 aliphatic carbocycles. The number of carbonyl (C=O) groups excluding carboxylic acids is 1. The molecule has 0 radical (unpaired) electrons. The van der Waals surface area contributed by atoms with E-state index >= 15 is 0 Å². The summed E-state index contributed by atoms with van der Waals surface area (Å²) < 4.78 is 7.43. The van der Waals surface area contributed by atoms with Crippen molar-refractivity contribution >= 4 is 11.9 Å². The van der Waals surface area contributed by atoms with Crippen molar-refractivity contribution in [1.29, 1.82) is 0 Å². The molecule has 3 nitrogen and oxygen atoms in total. The maximum atomic E-state index is 12.3. The van der Waals surface area contributed by atoms with Gasteiger partial charge < -0.3 is 9.30 Å². The van der Waals surface area contributed by atoms with Crippen LogP contribution in [0.1, 0.15) is 47.2 Å². The molecule has 0 spiro atoms. The van der Waals surface area contributed by atoms with Gasteiger partial charge in [0.25, 0.3) is 0 Å². The highest BCUT2D eigenvalue weighted by atomic mass is 16.5. The Balaban J connectivity index is 2.25. The van der Waals surface area contributed by atoms with Crippen molar-refractivity contribution < 1.29 is 9.53 Å². The molecule has 0 N–H and O–H groups in total. The number of aryl methyl sites for hydroxylation is 1. The van der Waals surface area contributed by atoms with Crippen LogP contribution < -0.4 is 4.74 Å². The molecule has 2 rings (SSSR count). The Kier molecular flexibility index (Phi) is 4.86. The summed E-state index contributed by atoms with van der Waals surface area (Å²) in [7, 11) is 1.60. The predicted octanol–water partition coefficient (Wildman–Crippen LogP) is 4.59. The van der Waals surface area contributed by atoms with Crippen LogP contribution in [-0.4, -0.2) is 17.5 Å². The molecule has 1 aromatic carbocycles. The predicted molar refractivity (Wildman–Crippen MR) is 90.6 cm³/mol. The zero-order valence-electron chi connectivity index (χ0n) is 13.9. The third kappa shape index (κ3) is 3.30. The molecule has 0 unspecified atom stereocenters. The average Bonchev–Trinajstić information content (AvgIpc) is 2.79. The van der Waals surface area contributed by atoms with Crippen molar-refractivity contribution in [2.24, 2.45) is 0 Å². The zero-order valence-corrected chi connectivity index (χ0v) is 13.9. The van der Waals surface area contributed by atoms with E-state index in [0.717, 1.165) is 5.56 Å². The maximum Gasteiger partial charge on any atom is 0.185 e. The first kappa shape index (κ1) is 16.1. The van der Waals surface area contributed by atoms with Crippen LogP contribution >= 0.6 is 0 Å². The first-order valence-electron chi connectivity index (χ1n) is 7.49. The highest BCUT2D eigenvalue weighted by molar-refractivity contribution is 6.07. The summed E-state index contributed by atoms with van der Waals surface area (Å²) in [6.45, 7) is 8.50. The number of hydrogen-bond donors (Lipinski definition) is 0. The number of aromatic nitrogens is 1. The highest BCUT2D eigenvalue weighted by Crippen LogP contribution is 2.21. The largest absolute Gasteiger partial charge is 0.497 e. The van der Waals surface area contributed by atoms with Gasteiger partial charge in [-0.1, -0.05) is 12.1 Å². The van der Waals surface area contributed by atoms with Crippen molar-refractivity contribution in [3.05, 3.63) is 58.9 Å². The number of rotatable bonds is 5. The van der Waals surface area contributed by atoms with Crippen LogP contribution in [0.25, 0.3) is 6.08 Å². The van der Waals surface area contributed by atoms with Gasteiger partial charge >= 0.3 is 0 Å². The summed E-state index contributed by atoms with van der Waals surface area (Å²) in [5.41, 5.74) is 4.11. The number of nitrogens with zero attached hydrogens (tertiary/aromatic N) is 1. The van der Waals surface area contributed by atoms with Crippen LogP contribution in [0.15, 0.2) is 36.4 Å². The SMILES string of the molecule is COc1cccc(C(=O)/C=C/c2cc(C)n(C(C)C)c2C)c1. The molecule has 0 saturated heterocycles. The lowest BCUT2D eigenvalue weighted by Gasteiger charge is -2.13. The zero-order chi connectivity index (χ0) is 16.3. The van der Waals surface area contributed by atoms with Crippen LogP contribution in [0, 0.1) is 13.8 Å². The van der Waals surface area contributed by atoms with Gasteiger partial charge in [0.1, 0.15) is 5.75 Å². The minimum atomic E-state index is -0.0201. The van der Waals surface area contributed by atoms with Crippen molar-refractivity contribution in [2.45, 2.75) is 33.7 Å². The van der Waals surface area contributed by atoms with Crippen molar-refractivity contribution in [3.63, 3.8) is 0 Å². The van der Waals surface area contributed by atoms with Gasteiger partial charge in [-0.25, -0.2) is 0 Å². The molecule has 0 fully saturated rings. The summed E-state index contributed by atoms with van der Waals surface area (Å²) in [5.74, 6) is 0.672. The van der Waals surface area contributed by atoms with E-state index in [1.54, 1.807) is 25.3 Å². The van der Waals surface area contributed by atoms with Crippen molar-refractivity contribution in [3.8, 4) is 5.75 Å². The van der Waals surface area contributed by atoms with E-state index in [1.807, 2.05) is 18.2 Å². The first-order valence-corrected chi connectivity index (χ1v) is 7.49.